The lowest BCUT2D eigenvalue weighted by atomic mass is 10.1. The van der Waals surface area contributed by atoms with Crippen molar-refractivity contribution in [1.29, 1.82) is 0 Å². The molecule has 1 aliphatic heterocycles. The van der Waals surface area contributed by atoms with E-state index in [1.807, 2.05) is 0 Å². The van der Waals surface area contributed by atoms with Gasteiger partial charge in [0.05, 0.1) is 5.56 Å². The van der Waals surface area contributed by atoms with Crippen LogP contribution in [0.5, 0.6) is 0 Å². The molecule has 0 aliphatic carbocycles. The number of benzene rings is 1. The minimum Gasteiger partial charge on any atom is -0.317 e. The van der Waals surface area contributed by atoms with Crippen LogP contribution in [0.1, 0.15) is 24.0 Å². The molecule has 1 saturated heterocycles. The van der Waals surface area contributed by atoms with Crippen molar-refractivity contribution in [2.45, 2.75) is 31.6 Å². The van der Waals surface area contributed by atoms with Crippen LogP contribution >= 0.6 is 0 Å². The fourth-order valence-corrected chi connectivity index (χ4v) is 2.20. The van der Waals surface area contributed by atoms with E-state index in [0.717, 1.165) is 38.1 Å². The SMILES string of the molecule is Fc1cc(CNC2CCNCC2)cc(C(F)(F)F)c1. The molecule has 106 valence electrons. The number of hydrogen-bond donors (Lipinski definition) is 2. The second kappa shape index (κ2) is 5.88. The first-order valence-corrected chi connectivity index (χ1v) is 6.26. The van der Waals surface area contributed by atoms with Gasteiger partial charge in [-0.15, -0.1) is 0 Å². The van der Waals surface area contributed by atoms with Gasteiger partial charge in [0.25, 0.3) is 0 Å². The summed E-state index contributed by atoms with van der Waals surface area (Å²) in [5.74, 6) is -0.850. The van der Waals surface area contributed by atoms with Crippen molar-refractivity contribution in [1.82, 2.24) is 10.6 Å². The van der Waals surface area contributed by atoms with E-state index in [4.69, 9.17) is 0 Å². The summed E-state index contributed by atoms with van der Waals surface area (Å²) >= 11 is 0. The third kappa shape index (κ3) is 4.18. The molecular weight excluding hydrogens is 260 g/mol. The lowest BCUT2D eigenvalue weighted by Gasteiger charge is -2.24. The van der Waals surface area contributed by atoms with Crippen LogP contribution in [0.2, 0.25) is 0 Å². The van der Waals surface area contributed by atoms with Gasteiger partial charge in [0.15, 0.2) is 0 Å². The van der Waals surface area contributed by atoms with Crippen molar-refractivity contribution in [3.63, 3.8) is 0 Å². The quantitative estimate of drug-likeness (QED) is 0.829. The Morgan fingerprint density at radius 2 is 1.84 bits per heavy atom. The Bertz CT molecular complexity index is 425. The van der Waals surface area contributed by atoms with Gasteiger partial charge in [-0.2, -0.15) is 13.2 Å². The molecule has 0 bridgehead atoms. The van der Waals surface area contributed by atoms with E-state index in [-0.39, 0.29) is 12.6 Å². The van der Waals surface area contributed by atoms with Crippen LogP contribution in [0.3, 0.4) is 0 Å². The second-order valence-corrected chi connectivity index (χ2v) is 4.75. The molecule has 0 spiro atoms. The molecule has 0 aromatic heterocycles. The summed E-state index contributed by atoms with van der Waals surface area (Å²) in [7, 11) is 0. The van der Waals surface area contributed by atoms with Crippen molar-refractivity contribution >= 4 is 0 Å². The first kappa shape index (κ1) is 14.3. The number of piperidine rings is 1. The Balaban J connectivity index is 2.01. The number of halogens is 4. The van der Waals surface area contributed by atoms with Crippen LogP contribution in [0.4, 0.5) is 17.6 Å². The summed E-state index contributed by atoms with van der Waals surface area (Å²) in [6, 6.07) is 2.94. The van der Waals surface area contributed by atoms with Crippen molar-refractivity contribution in [2.75, 3.05) is 13.1 Å². The zero-order chi connectivity index (χ0) is 13.9. The first-order valence-electron chi connectivity index (χ1n) is 6.26. The van der Waals surface area contributed by atoms with Gasteiger partial charge in [-0.25, -0.2) is 4.39 Å². The van der Waals surface area contributed by atoms with Gasteiger partial charge in [0, 0.05) is 12.6 Å². The van der Waals surface area contributed by atoms with Gasteiger partial charge in [-0.3, -0.25) is 0 Å². The molecule has 0 unspecified atom stereocenters. The van der Waals surface area contributed by atoms with Gasteiger partial charge in [0.2, 0.25) is 0 Å². The summed E-state index contributed by atoms with van der Waals surface area (Å²) in [5, 5.41) is 6.37. The van der Waals surface area contributed by atoms with E-state index < -0.39 is 17.6 Å². The molecule has 0 radical (unpaired) electrons. The van der Waals surface area contributed by atoms with E-state index >= 15 is 0 Å². The van der Waals surface area contributed by atoms with Gasteiger partial charge in [-0.05, 0) is 49.7 Å². The van der Waals surface area contributed by atoms with Crippen LogP contribution in [-0.4, -0.2) is 19.1 Å². The average Bonchev–Trinajstić information content (AvgIpc) is 2.36. The lowest BCUT2D eigenvalue weighted by Crippen LogP contribution is -2.39. The highest BCUT2D eigenvalue weighted by Crippen LogP contribution is 2.30. The van der Waals surface area contributed by atoms with Crippen LogP contribution in [-0.2, 0) is 12.7 Å². The number of alkyl halides is 3. The summed E-state index contributed by atoms with van der Waals surface area (Å²) < 4.78 is 50.8. The predicted molar refractivity (Wildman–Crippen MR) is 64.1 cm³/mol. The van der Waals surface area contributed by atoms with Gasteiger partial charge in [-0.1, -0.05) is 0 Å². The summed E-state index contributed by atoms with van der Waals surface area (Å²) in [4.78, 5) is 0. The average molecular weight is 276 g/mol. The number of rotatable bonds is 3. The molecule has 0 amide bonds. The zero-order valence-electron chi connectivity index (χ0n) is 10.4. The Morgan fingerprint density at radius 1 is 1.16 bits per heavy atom. The normalized spacial score (nSPS) is 17.7. The van der Waals surface area contributed by atoms with Gasteiger partial charge in [0.1, 0.15) is 5.82 Å². The number of hydrogen-bond acceptors (Lipinski definition) is 2. The minimum absolute atomic E-state index is 0.255. The molecule has 2 nitrogen and oxygen atoms in total. The number of nitrogens with one attached hydrogen (secondary N) is 2. The predicted octanol–water partition coefficient (Wildman–Crippen LogP) is 2.69. The fourth-order valence-electron chi connectivity index (χ4n) is 2.20. The van der Waals surface area contributed by atoms with Gasteiger partial charge >= 0.3 is 6.18 Å². The van der Waals surface area contributed by atoms with E-state index in [1.54, 1.807) is 0 Å². The molecule has 1 heterocycles. The molecule has 2 N–H and O–H groups in total. The third-order valence-corrected chi connectivity index (χ3v) is 3.22. The van der Waals surface area contributed by atoms with Crippen LogP contribution in [0.25, 0.3) is 0 Å². The first-order chi connectivity index (χ1) is 8.95. The van der Waals surface area contributed by atoms with Crippen LogP contribution in [0.15, 0.2) is 18.2 Å². The van der Waals surface area contributed by atoms with Crippen molar-refractivity contribution < 1.29 is 17.6 Å². The maximum Gasteiger partial charge on any atom is 0.416 e. The Hall–Kier alpha value is -1.14. The molecule has 6 heteroatoms. The van der Waals surface area contributed by atoms with E-state index in [2.05, 4.69) is 10.6 Å². The Labute approximate surface area is 109 Å². The lowest BCUT2D eigenvalue weighted by molar-refractivity contribution is -0.137. The maximum atomic E-state index is 13.2. The van der Waals surface area contributed by atoms with E-state index in [0.29, 0.717) is 11.6 Å². The molecular formula is C13H16F4N2. The Morgan fingerprint density at radius 3 is 2.47 bits per heavy atom. The highest BCUT2D eigenvalue weighted by Gasteiger charge is 2.31. The molecule has 1 aromatic carbocycles. The highest BCUT2D eigenvalue weighted by atomic mass is 19.4. The maximum absolute atomic E-state index is 13.2. The van der Waals surface area contributed by atoms with E-state index in [9.17, 15) is 17.6 Å². The molecule has 2 rings (SSSR count). The summed E-state index contributed by atoms with van der Waals surface area (Å²) in [6.45, 7) is 2.05. The largest absolute Gasteiger partial charge is 0.416 e. The highest BCUT2D eigenvalue weighted by molar-refractivity contribution is 5.26. The topological polar surface area (TPSA) is 24.1 Å². The molecule has 19 heavy (non-hydrogen) atoms. The molecule has 1 aromatic rings. The minimum atomic E-state index is -4.51. The fraction of sp³-hybridized carbons (Fsp3) is 0.538. The zero-order valence-corrected chi connectivity index (χ0v) is 10.4. The van der Waals surface area contributed by atoms with Crippen molar-refractivity contribution in [3.8, 4) is 0 Å². The monoisotopic (exact) mass is 276 g/mol. The summed E-state index contributed by atoms with van der Waals surface area (Å²) in [5.41, 5.74) is -0.611. The standard InChI is InChI=1S/C13H16F4N2/c14-11-6-9(5-10(7-11)13(15,16)17)8-19-12-1-3-18-4-2-12/h5-7,12,18-19H,1-4,8H2. The van der Waals surface area contributed by atoms with Crippen LogP contribution < -0.4 is 10.6 Å². The molecule has 1 fully saturated rings. The molecule has 0 saturated carbocycles. The van der Waals surface area contributed by atoms with Crippen molar-refractivity contribution in [3.05, 3.63) is 35.1 Å². The molecule has 0 atom stereocenters. The van der Waals surface area contributed by atoms with Crippen LogP contribution in [0, 0.1) is 5.82 Å². The Kier molecular flexibility index (Phi) is 4.42. The second-order valence-electron chi connectivity index (χ2n) is 4.75. The molecule has 1 aliphatic rings. The third-order valence-electron chi connectivity index (χ3n) is 3.22. The van der Waals surface area contributed by atoms with E-state index in [1.165, 1.54) is 0 Å². The van der Waals surface area contributed by atoms with Crippen molar-refractivity contribution in [2.24, 2.45) is 0 Å². The smallest absolute Gasteiger partial charge is 0.317 e. The van der Waals surface area contributed by atoms with Gasteiger partial charge < -0.3 is 10.6 Å². The summed E-state index contributed by atoms with van der Waals surface area (Å²) in [6.07, 6.45) is -2.64.